The van der Waals surface area contributed by atoms with Crippen LogP contribution in [-0.2, 0) is 9.59 Å². The van der Waals surface area contributed by atoms with Crippen molar-refractivity contribution in [1.29, 1.82) is 0 Å². The minimum absolute atomic E-state index is 0.101. The number of likely N-dealkylation sites (tertiary alicyclic amines) is 1. The number of carboxylic acid groups (broad SMARTS) is 1. The van der Waals surface area contributed by atoms with Gasteiger partial charge < -0.3 is 10.4 Å². The zero-order valence-electron chi connectivity index (χ0n) is 14.1. The molecule has 2 unspecified atom stereocenters. The average Bonchev–Trinajstić information content (AvgIpc) is 2.89. The Bertz CT molecular complexity index is 570. The van der Waals surface area contributed by atoms with Crippen LogP contribution in [0.2, 0.25) is 0 Å². The third-order valence-electron chi connectivity index (χ3n) is 4.81. The maximum atomic E-state index is 12.1. The first kappa shape index (κ1) is 17.5. The van der Waals surface area contributed by atoms with Crippen LogP contribution in [0.15, 0.2) is 24.3 Å². The number of carbonyl (C=O) groups excluding carboxylic acids is 1. The number of carboxylic acids is 1. The molecule has 23 heavy (non-hydrogen) atoms. The van der Waals surface area contributed by atoms with Crippen LogP contribution < -0.4 is 5.32 Å². The molecule has 5 heteroatoms. The minimum atomic E-state index is -0.791. The van der Waals surface area contributed by atoms with Crippen LogP contribution in [0.3, 0.4) is 0 Å². The zero-order chi connectivity index (χ0) is 17.0. The summed E-state index contributed by atoms with van der Waals surface area (Å²) in [5.74, 6) is -0.380. The molecule has 0 bridgehead atoms. The normalized spacial score (nSPS) is 22.7. The lowest BCUT2D eigenvalue weighted by Crippen LogP contribution is -2.35. The summed E-state index contributed by atoms with van der Waals surface area (Å²) in [5.41, 5.74) is 1.31. The number of amides is 1. The van der Waals surface area contributed by atoms with Gasteiger partial charge in [0.15, 0.2) is 0 Å². The van der Waals surface area contributed by atoms with E-state index in [-0.39, 0.29) is 12.5 Å². The molecule has 5 nitrogen and oxygen atoms in total. The van der Waals surface area contributed by atoms with Crippen molar-refractivity contribution < 1.29 is 14.7 Å². The molecular formula is C18H26N2O3. The molecule has 126 valence electrons. The highest BCUT2D eigenvalue weighted by Crippen LogP contribution is 2.29. The van der Waals surface area contributed by atoms with Gasteiger partial charge >= 0.3 is 5.97 Å². The molecule has 0 aromatic heterocycles. The molecule has 2 rings (SSSR count). The lowest BCUT2D eigenvalue weighted by atomic mass is 9.90. The third-order valence-corrected chi connectivity index (χ3v) is 4.81. The van der Waals surface area contributed by atoms with Crippen molar-refractivity contribution in [2.24, 2.45) is 5.41 Å². The second kappa shape index (κ2) is 7.13. The van der Waals surface area contributed by atoms with E-state index in [4.69, 9.17) is 0 Å². The van der Waals surface area contributed by atoms with E-state index in [2.05, 4.69) is 19.2 Å². The summed E-state index contributed by atoms with van der Waals surface area (Å²) in [4.78, 5) is 25.3. The largest absolute Gasteiger partial charge is 0.481 e. The number of nitrogens with one attached hydrogen (secondary N) is 1. The quantitative estimate of drug-likeness (QED) is 0.846. The number of rotatable bonds is 6. The van der Waals surface area contributed by atoms with Gasteiger partial charge in [0.25, 0.3) is 0 Å². The van der Waals surface area contributed by atoms with Crippen molar-refractivity contribution in [2.45, 2.75) is 39.5 Å². The molecule has 1 aliphatic heterocycles. The molecule has 0 saturated carbocycles. The van der Waals surface area contributed by atoms with Gasteiger partial charge in [-0.15, -0.1) is 0 Å². The van der Waals surface area contributed by atoms with E-state index in [9.17, 15) is 14.7 Å². The fraction of sp³-hybridized carbons (Fsp3) is 0.556. The lowest BCUT2D eigenvalue weighted by molar-refractivity contribution is -0.147. The molecule has 1 saturated heterocycles. The molecule has 0 spiro atoms. The predicted octanol–water partition coefficient (Wildman–Crippen LogP) is 2.94. The third kappa shape index (κ3) is 4.32. The molecule has 0 radical (unpaired) electrons. The van der Waals surface area contributed by atoms with Crippen LogP contribution in [-0.4, -0.2) is 41.5 Å². The number of carbonyl (C=O) groups is 2. The van der Waals surface area contributed by atoms with Gasteiger partial charge in [0.05, 0.1) is 12.0 Å². The molecule has 1 aromatic rings. The smallest absolute Gasteiger partial charge is 0.310 e. The van der Waals surface area contributed by atoms with Crippen LogP contribution in [0.1, 0.15) is 45.1 Å². The highest BCUT2D eigenvalue weighted by molar-refractivity contribution is 5.92. The first-order valence-corrected chi connectivity index (χ1v) is 8.19. The number of aliphatic carboxylic acids is 1. The molecule has 1 aliphatic rings. The van der Waals surface area contributed by atoms with E-state index in [1.54, 1.807) is 6.92 Å². The summed E-state index contributed by atoms with van der Waals surface area (Å²) in [5, 5.41) is 12.1. The van der Waals surface area contributed by atoms with Crippen molar-refractivity contribution in [3.63, 3.8) is 0 Å². The first-order valence-electron chi connectivity index (χ1n) is 8.19. The fourth-order valence-electron chi connectivity index (χ4n) is 2.90. The Balaban J connectivity index is 1.87. The van der Waals surface area contributed by atoms with Gasteiger partial charge in [-0.1, -0.05) is 26.0 Å². The summed E-state index contributed by atoms with van der Waals surface area (Å²) in [6, 6.07) is 7.93. The van der Waals surface area contributed by atoms with Gasteiger partial charge in [0.1, 0.15) is 0 Å². The number of hydrogen-bond donors (Lipinski definition) is 2. The Morgan fingerprint density at radius 2 is 2.00 bits per heavy atom. The van der Waals surface area contributed by atoms with E-state index in [1.807, 2.05) is 29.2 Å². The van der Waals surface area contributed by atoms with Gasteiger partial charge in [-0.2, -0.15) is 0 Å². The van der Waals surface area contributed by atoms with Crippen LogP contribution in [0.5, 0.6) is 0 Å². The van der Waals surface area contributed by atoms with Gasteiger partial charge in [0, 0.05) is 12.2 Å². The Hall–Kier alpha value is -1.88. The van der Waals surface area contributed by atoms with Gasteiger partial charge in [-0.05, 0) is 49.9 Å². The number of nitrogens with zero attached hydrogens (tertiary/aromatic N) is 1. The SMILES string of the molecule is CCC(C)c1ccc(NC(=O)CN2CCC(C)(C(=O)O)C2)cc1. The van der Waals surface area contributed by atoms with Crippen LogP contribution in [0.25, 0.3) is 0 Å². The van der Waals surface area contributed by atoms with E-state index in [1.165, 1.54) is 5.56 Å². The summed E-state index contributed by atoms with van der Waals surface area (Å²) < 4.78 is 0. The summed E-state index contributed by atoms with van der Waals surface area (Å²) in [6.45, 7) is 7.37. The summed E-state index contributed by atoms with van der Waals surface area (Å²) in [6.07, 6.45) is 1.67. The molecule has 1 amide bonds. The minimum Gasteiger partial charge on any atom is -0.481 e. The van der Waals surface area contributed by atoms with Crippen molar-refractivity contribution in [2.75, 3.05) is 25.0 Å². The topological polar surface area (TPSA) is 69.6 Å². The highest BCUT2D eigenvalue weighted by atomic mass is 16.4. The van der Waals surface area contributed by atoms with Crippen molar-refractivity contribution in [3.8, 4) is 0 Å². The van der Waals surface area contributed by atoms with E-state index in [0.717, 1.165) is 12.1 Å². The Morgan fingerprint density at radius 3 is 2.52 bits per heavy atom. The van der Waals surface area contributed by atoms with E-state index < -0.39 is 11.4 Å². The Labute approximate surface area is 137 Å². The van der Waals surface area contributed by atoms with E-state index >= 15 is 0 Å². The monoisotopic (exact) mass is 318 g/mol. The maximum absolute atomic E-state index is 12.1. The molecular weight excluding hydrogens is 292 g/mol. The lowest BCUT2D eigenvalue weighted by Gasteiger charge is -2.19. The summed E-state index contributed by atoms with van der Waals surface area (Å²) in [7, 11) is 0. The molecule has 1 heterocycles. The van der Waals surface area contributed by atoms with Crippen LogP contribution >= 0.6 is 0 Å². The Morgan fingerprint density at radius 1 is 1.35 bits per heavy atom. The fourth-order valence-corrected chi connectivity index (χ4v) is 2.90. The maximum Gasteiger partial charge on any atom is 0.310 e. The molecule has 0 aliphatic carbocycles. The van der Waals surface area contributed by atoms with Gasteiger partial charge in [-0.25, -0.2) is 0 Å². The van der Waals surface area contributed by atoms with Gasteiger partial charge in [0.2, 0.25) is 5.91 Å². The van der Waals surface area contributed by atoms with Crippen molar-refractivity contribution >= 4 is 17.6 Å². The molecule has 1 fully saturated rings. The van der Waals surface area contributed by atoms with Crippen LogP contribution in [0, 0.1) is 5.41 Å². The van der Waals surface area contributed by atoms with E-state index in [0.29, 0.717) is 25.4 Å². The van der Waals surface area contributed by atoms with Crippen molar-refractivity contribution in [3.05, 3.63) is 29.8 Å². The standard InChI is InChI=1S/C18H26N2O3/c1-4-13(2)14-5-7-15(8-6-14)19-16(21)11-20-10-9-18(3,12-20)17(22)23/h5-8,13H,4,9-12H2,1-3H3,(H,19,21)(H,22,23). The highest BCUT2D eigenvalue weighted by Gasteiger charge is 2.40. The van der Waals surface area contributed by atoms with Crippen molar-refractivity contribution in [1.82, 2.24) is 4.90 Å². The zero-order valence-corrected chi connectivity index (χ0v) is 14.1. The molecule has 2 atom stereocenters. The summed E-state index contributed by atoms with van der Waals surface area (Å²) >= 11 is 0. The number of anilines is 1. The predicted molar refractivity (Wildman–Crippen MR) is 90.6 cm³/mol. The first-order chi connectivity index (χ1) is 10.8. The number of benzene rings is 1. The Kier molecular flexibility index (Phi) is 5.42. The number of hydrogen-bond acceptors (Lipinski definition) is 3. The van der Waals surface area contributed by atoms with Gasteiger partial charge in [-0.3, -0.25) is 14.5 Å². The molecule has 2 N–H and O–H groups in total. The second-order valence-corrected chi connectivity index (χ2v) is 6.81. The average molecular weight is 318 g/mol. The van der Waals surface area contributed by atoms with Crippen LogP contribution in [0.4, 0.5) is 5.69 Å². The second-order valence-electron chi connectivity index (χ2n) is 6.81. The molecule has 1 aromatic carbocycles.